The van der Waals surface area contributed by atoms with Gasteiger partial charge in [-0.3, -0.25) is 0 Å². The molecular weight excluding hydrogens is 134 g/mol. The van der Waals surface area contributed by atoms with Gasteiger partial charge in [-0.2, -0.15) is 0 Å². The van der Waals surface area contributed by atoms with Crippen LogP contribution in [0.1, 0.15) is 26.7 Å². The van der Waals surface area contributed by atoms with Crippen molar-refractivity contribution in [2.24, 2.45) is 11.1 Å². The van der Waals surface area contributed by atoms with Gasteiger partial charge in [-0.25, -0.2) is 0 Å². The molecule has 0 heterocycles. The highest BCUT2D eigenvalue weighted by Gasteiger charge is 2.21. The number of hydrogen-bond acceptors (Lipinski definition) is 1. The molecule has 0 aliphatic heterocycles. The maximum Gasteiger partial charge on any atom is 0.0140 e. The molecule has 0 saturated carbocycles. The maximum atomic E-state index is 5.58. The molecule has 11 heavy (non-hydrogen) atoms. The van der Waals surface area contributed by atoms with E-state index in [1.807, 2.05) is 0 Å². The van der Waals surface area contributed by atoms with Crippen LogP contribution in [-0.4, -0.2) is 6.54 Å². The topological polar surface area (TPSA) is 26.0 Å². The number of allylic oxidation sites excluding steroid dienone is 2. The van der Waals surface area contributed by atoms with E-state index in [1.165, 1.54) is 11.1 Å². The van der Waals surface area contributed by atoms with Crippen LogP contribution in [0.15, 0.2) is 23.8 Å². The summed E-state index contributed by atoms with van der Waals surface area (Å²) in [4.78, 5) is 0. The zero-order chi connectivity index (χ0) is 8.48. The fraction of sp³-hybridized carbons (Fsp3) is 0.600. The van der Waals surface area contributed by atoms with Gasteiger partial charge in [0.25, 0.3) is 0 Å². The molecule has 0 saturated heterocycles. The zero-order valence-electron chi connectivity index (χ0n) is 7.48. The van der Waals surface area contributed by atoms with Gasteiger partial charge in [-0.1, -0.05) is 37.6 Å². The molecule has 0 radical (unpaired) electrons. The first-order valence-electron chi connectivity index (χ1n) is 4.11. The summed E-state index contributed by atoms with van der Waals surface area (Å²) in [7, 11) is 0. The van der Waals surface area contributed by atoms with Crippen LogP contribution in [0.4, 0.5) is 0 Å². The Bertz CT molecular complexity index is 199. The SMILES string of the molecule is C=C1CC(CN)=CC(C)(C)C1. The monoisotopic (exact) mass is 151 g/mol. The Morgan fingerprint density at radius 3 is 2.73 bits per heavy atom. The smallest absolute Gasteiger partial charge is 0.0140 e. The van der Waals surface area contributed by atoms with Crippen LogP contribution in [0.5, 0.6) is 0 Å². The van der Waals surface area contributed by atoms with Crippen LogP contribution < -0.4 is 5.73 Å². The molecule has 1 aliphatic rings. The third-order valence-electron chi connectivity index (χ3n) is 2.04. The summed E-state index contributed by atoms with van der Waals surface area (Å²) in [6, 6.07) is 0. The summed E-state index contributed by atoms with van der Waals surface area (Å²) in [6.07, 6.45) is 4.41. The van der Waals surface area contributed by atoms with Crippen molar-refractivity contribution in [1.29, 1.82) is 0 Å². The molecule has 0 aromatic carbocycles. The van der Waals surface area contributed by atoms with E-state index in [0.717, 1.165) is 12.8 Å². The average molecular weight is 151 g/mol. The van der Waals surface area contributed by atoms with E-state index in [2.05, 4.69) is 26.5 Å². The summed E-state index contributed by atoms with van der Waals surface area (Å²) in [5.41, 5.74) is 8.52. The van der Waals surface area contributed by atoms with Crippen molar-refractivity contribution in [1.82, 2.24) is 0 Å². The Kier molecular flexibility index (Phi) is 2.19. The normalized spacial score (nSPS) is 23.2. The maximum absolute atomic E-state index is 5.58. The van der Waals surface area contributed by atoms with Crippen molar-refractivity contribution in [3.05, 3.63) is 23.8 Å². The number of nitrogens with two attached hydrogens (primary N) is 1. The highest BCUT2D eigenvalue weighted by Crippen LogP contribution is 2.35. The molecular formula is C10H17N. The van der Waals surface area contributed by atoms with E-state index < -0.39 is 0 Å². The lowest BCUT2D eigenvalue weighted by Gasteiger charge is -2.28. The van der Waals surface area contributed by atoms with Crippen LogP contribution in [-0.2, 0) is 0 Å². The van der Waals surface area contributed by atoms with Crippen LogP contribution >= 0.6 is 0 Å². The Balaban J connectivity index is 2.82. The summed E-state index contributed by atoms with van der Waals surface area (Å²) in [5.74, 6) is 0. The molecule has 0 fully saturated rings. The summed E-state index contributed by atoms with van der Waals surface area (Å²) in [6.45, 7) is 9.15. The predicted molar refractivity (Wildman–Crippen MR) is 49.3 cm³/mol. The Morgan fingerprint density at radius 1 is 1.64 bits per heavy atom. The van der Waals surface area contributed by atoms with Crippen LogP contribution in [0.2, 0.25) is 0 Å². The first-order chi connectivity index (χ1) is 5.03. The fourth-order valence-electron chi connectivity index (χ4n) is 1.81. The molecule has 0 unspecified atom stereocenters. The van der Waals surface area contributed by atoms with Crippen LogP contribution in [0.3, 0.4) is 0 Å². The summed E-state index contributed by atoms with van der Waals surface area (Å²) in [5, 5.41) is 0. The highest BCUT2D eigenvalue weighted by molar-refractivity contribution is 5.24. The zero-order valence-corrected chi connectivity index (χ0v) is 7.48. The first-order valence-corrected chi connectivity index (χ1v) is 4.11. The minimum Gasteiger partial charge on any atom is -0.327 e. The molecule has 0 bridgehead atoms. The molecule has 0 spiro atoms. The lowest BCUT2D eigenvalue weighted by Crippen LogP contribution is -2.18. The Labute approximate surface area is 69.0 Å². The van der Waals surface area contributed by atoms with E-state index in [1.54, 1.807) is 0 Å². The third-order valence-corrected chi connectivity index (χ3v) is 2.04. The molecule has 1 heteroatoms. The van der Waals surface area contributed by atoms with Gasteiger partial charge in [-0.05, 0) is 18.3 Å². The van der Waals surface area contributed by atoms with Gasteiger partial charge in [-0.15, -0.1) is 0 Å². The van der Waals surface area contributed by atoms with Gasteiger partial charge in [0.15, 0.2) is 0 Å². The molecule has 0 atom stereocenters. The van der Waals surface area contributed by atoms with E-state index >= 15 is 0 Å². The largest absolute Gasteiger partial charge is 0.327 e. The van der Waals surface area contributed by atoms with Crippen molar-refractivity contribution < 1.29 is 0 Å². The second kappa shape index (κ2) is 2.82. The molecule has 62 valence electrons. The minimum atomic E-state index is 0.282. The molecule has 1 rings (SSSR count). The van der Waals surface area contributed by atoms with Crippen molar-refractivity contribution in [2.45, 2.75) is 26.7 Å². The van der Waals surface area contributed by atoms with Gasteiger partial charge in [0, 0.05) is 6.54 Å². The lowest BCUT2D eigenvalue weighted by molar-refractivity contribution is 0.451. The van der Waals surface area contributed by atoms with Gasteiger partial charge in [0.05, 0.1) is 0 Å². The van der Waals surface area contributed by atoms with Gasteiger partial charge in [0.2, 0.25) is 0 Å². The van der Waals surface area contributed by atoms with Gasteiger partial charge < -0.3 is 5.73 Å². The second-order valence-electron chi connectivity index (χ2n) is 4.10. The standard InChI is InChI=1S/C10H17N/c1-8-4-9(7-11)6-10(2,3)5-8/h6H,1,4-5,7,11H2,2-3H3. The van der Waals surface area contributed by atoms with Crippen molar-refractivity contribution in [3.8, 4) is 0 Å². The molecule has 0 aromatic heterocycles. The molecule has 1 nitrogen and oxygen atoms in total. The fourth-order valence-corrected chi connectivity index (χ4v) is 1.81. The first kappa shape index (κ1) is 8.54. The highest BCUT2D eigenvalue weighted by atomic mass is 14.5. The summed E-state index contributed by atoms with van der Waals surface area (Å²) >= 11 is 0. The molecule has 1 aliphatic carbocycles. The molecule has 0 aromatic rings. The molecule has 0 amide bonds. The van der Waals surface area contributed by atoms with Gasteiger partial charge >= 0.3 is 0 Å². The average Bonchev–Trinajstić information content (AvgIpc) is 1.83. The number of rotatable bonds is 1. The Hall–Kier alpha value is -0.560. The second-order valence-corrected chi connectivity index (χ2v) is 4.10. The van der Waals surface area contributed by atoms with Crippen molar-refractivity contribution in [3.63, 3.8) is 0 Å². The third kappa shape index (κ3) is 2.19. The van der Waals surface area contributed by atoms with Crippen molar-refractivity contribution >= 4 is 0 Å². The predicted octanol–water partition coefficient (Wildman–Crippen LogP) is 2.25. The van der Waals surface area contributed by atoms with E-state index in [4.69, 9.17) is 5.73 Å². The van der Waals surface area contributed by atoms with E-state index in [-0.39, 0.29) is 5.41 Å². The number of hydrogen-bond donors (Lipinski definition) is 1. The quantitative estimate of drug-likeness (QED) is 0.571. The van der Waals surface area contributed by atoms with Gasteiger partial charge in [0.1, 0.15) is 0 Å². The lowest BCUT2D eigenvalue weighted by atomic mass is 9.77. The minimum absolute atomic E-state index is 0.282. The van der Waals surface area contributed by atoms with Crippen molar-refractivity contribution in [2.75, 3.05) is 6.54 Å². The van der Waals surface area contributed by atoms with E-state index in [9.17, 15) is 0 Å². The Morgan fingerprint density at radius 2 is 2.27 bits per heavy atom. The molecule has 2 N–H and O–H groups in total. The van der Waals surface area contributed by atoms with Crippen LogP contribution in [0, 0.1) is 5.41 Å². The summed E-state index contributed by atoms with van der Waals surface area (Å²) < 4.78 is 0. The van der Waals surface area contributed by atoms with Crippen LogP contribution in [0.25, 0.3) is 0 Å². The van der Waals surface area contributed by atoms with E-state index in [0.29, 0.717) is 6.54 Å².